The maximum atomic E-state index is 12.0. The number of hydrogen-bond donors (Lipinski definition) is 2. The number of nitrogens with two attached hydrogens (primary N) is 1. The fraction of sp³-hybridized carbons (Fsp3) is 0.900. The zero-order chi connectivity index (χ0) is 14.7. The molecule has 0 spiro atoms. The van der Waals surface area contributed by atoms with E-state index in [2.05, 4.69) is 0 Å². The number of amidine groups is 1. The van der Waals surface area contributed by atoms with Crippen LogP contribution in [0.2, 0.25) is 0 Å². The Morgan fingerprint density at radius 1 is 1.42 bits per heavy atom. The Balaban J connectivity index is 2.55. The molecular formula is C10H18F3N3O2S. The number of rotatable bonds is 5. The number of nitrogens with zero attached hydrogens (tertiary/aromatic N) is 1. The minimum atomic E-state index is -4.33. The molecule has 0 bridgehead atoms. The van der Waals surface area contributed by atoms with Crippen LogP contribution in [0.4, 0.5) is 13.2 Å². The highest BCUT2D eigenvalue weighted by molar-refractivity contribution is 7.89. The quantitative estimate of drug-likeness (QED) is 0.593. The van der Waals surface area contributed by atoms with E-state index in [1.165, 1.54) is 0 Å². The third kappa shape index (κ3) is 5.35. The first-order chi connectivity index (χ1) is 8.62. The molecule has 1 saturated heterocycles. The van der Waals surface area contributed by atoms with Gasteiger partial charge in [0.05, 0.1) is 11.6 Å². The van der Waals surface area contributed by atoms with Crippen molar-refractivity contribution < 1.29 is 21.6 Å². The van der Waals surface area contributed by atoms with Gasteiger partial charge in [-0.1, -0.05) is 0 Å². The summed E-state index contributed by atoms with van der Waals surface area (Å²) in [4.78, 5) is 0. The van der Waals surface area contributed by atoms with Gasteiger partial charge in [0.25, 0.3) is 0 Å². The van der Waals surface area contributed by atoms with E-state index in [9.17, 15) is 21.6 Å². The van der Waals surface area contributed by atoms with Crippen molar-refractivity contribution >= 4 is 15.9 Å². The number of nitrogens with one attached hydrogen (secondary N) is 1. The fourth-order valence-corrected chi connectivity index (χ4v) is 3.61. The summed E-state index contributed by atoms with van der Waals surface area (Å²) in [7, 11) is -3.69. The van der Waals surface area contributed by atoms with Gasteiger partial charge < -0.3 is 5.73 Å². The second kappa shape index (κ2) is 6.08. The van der Waals surface area contributed by atoms with Crippen LogP contribution in [-0.4, -0.2) is 43.6 Å². The fourth-order valence-electron chi connectivity index (χ4n) is 2.03. The lowest BCUT2D eigenvalue weighted by atomic mass is 9.99. The van der Waals surface area contributed by atoms with E-state index in [1.54, 1.807) is 0 Å². The molecule has 9 heteroatoms. The molecule has 1 rings (SSSR count). The lowest BCUT2D eigenvalue weighted by Gasteiger charge is -2.31. The zero-order valence-corrected chi connectivity index (χ0v) is 11.2. The molecule has 1 heterocycles. The maximum Gasteiger partial charge on any atom is 0.389 e. The summed E-state index contributed by atoms with van der Waals surface area (Å²) in [5, 5.41) is 7.31. The first-order valence-corrected chi connectivity index (χ1v) is 7.61. The van der Waals surface area contributed by atoms with Crippen molar-refractivity contribution in [3.8, 4) is 0 Å². The van der Waals surface area contributed by atoms with Gasteiger partial charge in [0.1, 0.15) is 0 Å². The van der Waals surface area contributed by atoms with Crippen molar-refractivity contribution in [3.05, 3.63) is 0 Å². The van der Waals surface area contributed by atoms with Crippen LogP contribution in [0.5, 0.6) is 0 Å². The van der Waals surface area contributed by atoms with Gasteiger partial charge >= 0.3 is 6.18 Å². The van der Waals surface area contributed by atoms with Crippen LogP contribution in [0, 0.1) is 11.3 Å². The van der Waals surface area contributed by atoms with E-state index < -0.39 is 34.8 Å². The van der Waals surface area contributed by atoms with Crippen LogP contribution in [0.1, 0.15) is 25.7 Å². The van der Waals surface area contributed by atoms with Crippen LogP contribution >= 0.6 is 0 Å². The van der Waals surface area contributed by atoms with E-state index in [0.29, 0.717) is 12.8 Å². The van der Waals surface area contributed by atoms with Crippen molar-refractivity contribution in [2.24, 2.45) is 11.7 Å². The number of sulfonamides is 1. The van der Waals surface area contributed by atoms with Gasteiger partial charge in [0.2, 0.25) is 10.0 Å². The van der Waals surface area contributed by atoms with E-state index in [4.69, 9.17) is 11.1 Å². The van der Waals surface area contributed by atoms with Crippen LogP contribution in [-0.2, 0) is 10.0 Å². The molecule has 0 radical (unpaired) electrons. The number of hydrogen-bond acceptors (Lipinski definition) is 3. The minimum absolute atomic E-state index is 0.0739. The van der Waals surface area contributed by atoms with Gasteiger partial charge in [-0.15, -0.1) is 0 Å². The highest BCUT2D eigenvalue weighted by Crippen LogP contribution is 2.24. The molecule has 0 amide bonds. The third-order valence-electron chi connectivity index (χ3n) is 3.08. The van der Waals surface area contributed by atoms with Crippen LogP contribution in [0.15, 0.2) is 0 Å². The molecule has 1 atom stereocenters. The van der Waals surface area contributed by atoms with Gasteiger partial charge in [0.15, 0.2) is 0 Å². The highest BCUT2D eigenvalue weighted by atomic mass is 32.2. The predicted octanol–water partition coefficient (Wildman–Crippen LogP) is 1.31. The third-order valence-corrected chi connectivity index (χ3v) is 5.00. The molecule has 112 valence electrons. The maximum absolute atomic E-state index is 12.0. The molecule has 19 heavy (non-hydrogen) atoms. The van der Waals surface area contributed by atoms with Crippen LogP contribution < -0.4 is 5.73 Å². The predicted molar refractivity (Wildman–Crippen MR) is 65.3 cm³/mol. The van der Waals surface area contributed by atoms with Crippen molar-refractivity contribution in [2.75, 3.05) is 18.8 Å². The summed E-state index contributed by atoms with van der Waals surface area (Å²) in [6.45, 7) is 0.391. The second-order valence-corrected chi connectivity index (χ2v) is 6.78. The molecule has 1 aliphatic rings. The van der Waals surface area contributed by atoms with Gasteiger partial charge in [-0.25, -0.2) is 12.7 Å². The Bertz CT molecular complexity index is 422. The van der Waals surface area contributed by atoms with Crippen LogP contribution in [0.25, 0.3) is 0 Å². The molecule has 3 N–H and O–H groups in total. The molecule has 5 nitrogen and oxygen atoms in total. The van der Waals surface area contributed by atoms with Gasteiger partial charge in [-0.05, 0) is 19.3 Å². The second-order valence-electron chi connectivity index (χ2n) is 4.69. The molecule has 0 aliphatic carbocycles. The largest absolute Gasteiger partial charge is 0.389 e. The Labute approximate surface area is 110 Å². The van der Waals surface area contributed by atoms with Gasteiger partial charge in [0, 0.05) is 25.4 Å². The summed E-state index contributed by atoms with van der Waals surface area (Å²) < 4.78 is 60.9. The molecule has 0 saturated carbocycles. The molecular weight excluding hydrogens is 283 g/mol. The van der Waals surface area contributed by atoms with E-state index in [1.807, 2.05) is 0 Å². The summed E-state index contributed by atoms with van der Waals surface area (Å²) in [5.74, 6) is -0.918. The summed E-state index contributed by atoms with van der Waals surface area (Å²) in [5.41, 5.74) is 5.34. The average Bonchev–Trinajstić information content (AvgIpc) is 2.27. The van der Waals surface area contributed by atoms with E-state index in [0.717, 1.165) is 4.31 Å². The Morgan fingerprint density at radius 3 is 2.58 bits per heavy atom. The molecule has 0 aromatic rings. The number of alkyl halides is 3. The standard InChI is InChI=1S/C10H18F3N3O2S/c11-10(12,13)4-2-6-19(17,18)16-5-1-3-8(7-16)9(14)15/h8H,1-7H2,(H3,14,15). The molecule has 1 unspecified atom stereocenters. The van der Waals surface area contributed by atoms with E-state index in [-0.39, 0.29) is 24.8 Å². The topological polar surface area (TPSA) is 87.2 Å². The van der Waals surface area contributed by atoms with Crippen molar-refractivity contribution in [1.82, 2.24) is 4.31 Å². The SMILES string of the molecule is N=C(N)C1CCCN(S(=O)(=O)CCCC(F)(F)F)C1. The summed E-state index contributed by atoms with van der Waals surface area (Å²) >= 11 is 0. The molecule has 1 fully saturated rings. The van der Waals surface area contributed by atoms with Crippen molar-refractivity contribution in [2.45, 2.75) is 31.9 Å². The minimum Gasteiger partial charge on any atom is -0.387 e. The van der Waals surface area contributed by atoms with Gasteiger partial charge in [-0.3, -0.25) is 5.41 Å². The molecule has 0 aromatic carbocycles. The average molecular weight is 301 g/mol. The smallest absolute Gasteiger partial charge is 0.387 e. The lowest BCUT2D eigenvalue weighted by molar-refractivity contribution is -0.134. The normalized spacial score (nSPS) is 22.4. The Morgan fingerprint density at radius 2 is 2.05 bits per heavy atom. The number of piperidine rings is 1. The molecule has 0 aromatic heterocycles. The van der Waals surface area contributed by atoms with E-state index >= 15 is 0 Å². The lowest BCUT2D eigenvalue weighted by Crippen LogP contribution is -2.44. The monoisotopic (exact) mass is 301 g/mol. The van der Waals surface area contributed by atoms with Crippen molar-refractivity contribution in [3.63, 3.8) is 0 Å². The number of halogens is 3. The summed E-state index contributed by atoms with van der Waals surface area (Å²) in [6, 6.07) is 0. The van der Waals surface area contributed by atoms with Crippen LogP contribution in [0.3, 0.4) is 0 Å². The first-order valence-electron chi connectivity index (χ1n) is 6.00. The molecule has 1 aliphatic heterocycles. The Hall–Kier alpha value is -0.830. The van der Waals surface area contributed by atoms with Gasteiger partial charge in [-0.2, -0.15) is 13.2 Å². The summed E-state index contributed by atoms with van der Waals surface area (Å²) in [6.07, 6.45) is -4.66. The first kappa shape index (κ1) is 16.2. The zero-order valence-electron chi connectivity index (χ0n) is 10.4. The Kier molecular flexibility index (Phi) is 5.19. The van der Waals surface area contributed by atoms with Crippen molar-refractivity contribution in [1.29, 1.82) is 5.41 Å². The highest BCUT2D eigenvalue weighted by Gasteiger charge is 2.32.